The molecule has 0 heterocycles. The number of phosphoric ester groups is 1. The number of aliphatic hydroxyl groups is 1. The summed E-state index contributed by atoms with van der Waals surface area (Å²) in [6, 6.07) is 0. The van der Waals surface area contributed by atoms with E-state index in [-0.39, 0.29) is 6.29 Å². The van der Waals surface area contributed by atoms with E-state index in [0.717, 1.165) is 0 Å². The standard InChI is InChI=1S/C5H9O8P/c6-1-4(13-5(8)2-7)3-12-14(9,10)11/h1,4,7H,2-3H2,(H2,9,10,11). The number of aliphatic hydroxyl groups excluding tert-OH is 1. The van der Waals surface area contributed by atoms with Crippen molar-refractivity contribution in [3.8, 4) is 0 Å². The largest absolute Gasteiger partial charge is 0.469 e. The van der Waals surface area contributed by atoms with Gasteiger partial charge in [0.25, 0.3) is 0 Å². The molecule has 14 heavy (non-hydrogen) atoms. The molecule has 0 spiro atoms. The molecule has 82 valence electrons. The normalized spacial score (nSPS) is 13.4. The van der Waals surface area contributed by atoms with Crippen molar-refractivity contribution in [2.45, 2.75) is 6.10 Å². The molecule has 0 rings (SSSR count). The van der Waals surface area contributed by atoms with E-state index in [0.29, 0.717) is 0 Å². The fourth-order valence-electron chi connectivity index (χ4n) is 0.478. The zero-order valence-corrected chi connectivity index (χ0v) is 7.79. The zero-order valence-electron chi connectivity index (χ0n) is 6.90. The molecule has 0 saturated heterocycles. The molecule has 0 fully saturated rings. The van der Waals surface area contributed by atoms with E-state index in [9.17, 15) is 14.2 Å². The van der Waals surface area contributed by atoms with Crippen molar-refractivity contribution in [3.63, 3.8) is 0 Å². The molecule has 0 amide bonds. The SMILES string of the molecule is O=CC(COP(=O)(O)O)OC(=O)CO. The minimum atomic E-state index is -4.70. The van der Waals surface area contributed by atoms with Crippen LogP contribution in [-0.2, 0) is 23.4 Å². The summed E-state index contributed by atoms with van der Waals surface area (Å²) in [7, 11) is -4.70. The van der Waals surface area contributed by atoms with Gasteiger partial charge in [-0.2, -0.15) is 0 Å². The molecule has 8 nitrogen and oxygen atoms in total. The molecule has 0 aromatic carbocycles. The van der Waals surface area contributed by atoms with Crippen LogP contribution in [0.25, 0.3) is 0 Å². The average Bonchev–Trinajstić information content (AvgIpc) is 2.10. The number of carbonyl (C=O) groups excluding carboxylic acids is 2. The Morgan fingerprint density at radius 1 is 1.50 bits per heavy atom. The highest BCUT2D eigenvalue weighted by Crippen LogP contribution is 2.35. The topological polar surface area (TPSA) is 130 Å². The van der Waals surface area contributed by atoms with Crippen LogP contribution < -0.4 is 0 Å². The van der Waals surface area contributed by atoms with Crippen LogP contribution >= 0.6 is 7.82 Å². The summed E-state index contributed by atoms with van der Waals surface area (Å²) >= 11 is 0. The van der Waals surface area contributed by atoms with Gasteiger partial charge in [-0.15, -0.1) is 0 Å². The van der Waals surface area contributed by atoms with Gasteiger partial charge in [-0.05, 0) is 0 Å². The number of phosphoric acid groups is 1. The Balaban J connectivity index is 3.98. The van der Waals surface area contributed by atoms with E-state index in [1.54, 1.807) is 0 Å². The first-order chi connectivity index (χ1) is 6.39. The summed E-state index contributed by atoms with van der Waals surface area (Å²) in [5.41, 5.74) is 0. The Morgan fingerprint density at radius 2 is 2.07 bits per heavy atom. The maximum atomic E-state index is 10.4. The van der Waals surface area contributed by atoms with Gasteiger partial charge in [0.2, 0.25) is 0 Å². The van der Waals surface area contributed by atoms with E-state index in [1.165, 1.54) is 0 Å². The summed E-state index contributed by atoms with van der Waals surface area (Å²) in [6.45, 7) is -1.69. The molecule has 0 aromatic rings. The molecule has 0 aliphatic rings. The Bertz CT molecular complexity index is 244. The van der Waals surface area contributed by atoms with Crippen LogP contribution in [0.3, 0.4) is 0 Å². The van der Waals surface area contributed by atoms with Crippen LogP contribution in [0.1, 0.15) is 0 Å². The van der Waals surface area contributed by atoms with Crippen molar-refractivity contribution in [1.29, 1.82) is 0 Å². The minimum Gasteiger partial charge on any atom is -0.450 e. The van der Waals surface area contributed by atoms with Crippen molar-refractivity contribution in [1.82, 2.24) is 0 Å². The third kappa shape index (κ3) is 6.70. The van der Waals surface area contributed by atoms with Gasteiger partial charge in [-0.3, -0.25) is 9.32 Å². The van der Waals surface area contributed by atoms with E-state index in [2.05, 4.69) is 9.26 Å². The van der Waals surface area contributed by atoms with Crippen molar-refractivity contribution in [3.05, 3.63) is 0 Å². The molecule has 0 bridgehead atoms. The third-order valence-corrected chi connectivity index (χ3v) is 1.46. The van der Waals surface area contributed by atoms with Gasteiger partial charge in [0.05, 0.1) is 0 Å². The third-order valence-electron chi connectivity index (χ3n) is 0.971. The van der Waals surface area contributed by atoms with Crippen molar-refractivity contribution >= 4 is 20.1 Å². The average molecular weight is 228 g/mol. The van der Waals surface area contributed by atoms with Gasteiger partial charge in [-0.1, -0.05) is 0 Å². The van der Waals surface area contributed by atoms with E-state index in [4.69, 9.17) is 14.9 Å². The lowest BCUT2D eigenvalue weighted by molar-refractivity contribution is -0.156. The summed E-state index contributed by atoms with van der Waals surface area (Å²) in [4.78, 5) is 37.1. The molecule has 0 aromatic heterocycles. The molecular formula is C5H9O8P. The van der Waals surface area contributed by atoms with Crippen LogP contribution in [0.4, 0.5) is 0 Å². The van der Waals surface area contributed by atoms with Gasteiger partial charge in [0.15, 0.2) is 12.4 Å². The van der Waals surface area contributed by atoms with Crippen LogP contribution in [0, 0.1) is 0 Å². The first-order valence-electron chi connectivity index (χ1n) is 3.34. The Labute approximate surface area is 78.7 Å². The first kappa shape index (κ1) is 13.2. The molecule has 0 aliphatic heterocycles. The lowest BCUT2D eigenvalue weighted by Crippen LogP contribution is -2.26. The number of esters is 1. The van der Waals surface area contributed by atoms with Gasteiger partial charge in [0.1, 0.15) is 13.2 Å². The zero-order chi connectivity index (χ0) is 11.2. The van der Waals surface area contributed by atoms with Crippen molar-refractivity contribution in [2.24, 2.45) is 0 Å². The Morgan fingerprint density at radius 3 is 2.43 bits per heavy atom. The predicted octanol–water partition coefficient (Wildman–Crippen LogP) is -1.80. The maximum absolute atomic E-state index is 10.4. The van der Waals surface area contributed by atoms with E-state index < -0.39 is 33.1 Å². The van der Waals surface area contributed by atoms with Crippen LogP contribution in [-0.4, -0.2) is 46.5 Å². The summed E-state index contributed by atoms with van der Waals surface area (Å²) in [6.07, 6.45) is -1.31. The highest BCUT2D eigenvalue weighted by atomic mass is 31.2. The smallest absolute Gasteiger partial charge is 0.450 e. The van der Waals surface area contributed by atoms with Gasteiger partial charge < -0.3 is 19.6 Å². The molecular weight excluding hydrogens is 219 g/mol. The Kier molecular flexibility index (Phi) is 5.51. The molecule has 3 N–H and O–H groups in total. The fraction of sp³-hybridized carbons (Fsp3) is 0.600. The highest BCUT2D eigenvalue weighted by molar-refractivity contribution is 7.46. The van der Waals surface area contributed by atoms with Crippen LogP contribution in [0.5, 0.6) is 0 Å². The minimum absolute atomic E-state index is 0.128. The van der Waals surface area contributed by atoms with Gasteiger partial charge >= 0.3 is 13.8 Å². The maximum Gasteiger partial charge on any atom is 0.469 e. The second-order valence-corrected chi connectivity index (χ2v) is 3.35. The lowest BCUT2D eigenvalue weighted by atomic mass is 10.4. The highest BCUT2D eigenvalue weighted by Gasteiger charge is 2.20. The molecule has 1 atom stereocenters. The Hall–Kier alpha value is -0.790. The van der Waals surface area contributed by atoms with Gasteiger partial charge in [-0.25, -0.2) is 9.36 Å². The molecule has 0 aliphatic carbocycles. The number of hydrogen-bond donors (Lipinski definition) is 3. The number of rotatable bonds is 6. The fourth-order valence-corrected chi connectivity index (χ4v) is 0.819. The number of ether oxygens (including phenoxy) is 1. The molecule has 1 unspecified atom stereocenters. The number of aldehydes is 1. The van der Waals surface area contributed by atoms with Crippen molar-refractivity contribution < 1.29 is 38.3 Å². The summed E-state index contributed by atoms with van der Waals surface area (Å²) < 4.78 is 18.3. The van der Waals surface area contributed by atoms with Crippen molar-refractivity contribution in [2.75, 3.05) is 13.2 Å². The second kappa shape index (κ2) is 5.84. The number of hydrogen-bond acceptors (Lipinski definition) is 6. The van der Waals surface area contributed by atoms with Crippen LogP contribution in [0.2, 0.25) is 0 Å². The number of carbonyl (C=O) groups is 2. The second-order valence-electron chi connectivity index (χ2n) is 2.11. The quantitative estimate of drug-likeness (QED) is 0.275. The van der Waals surface area contributed by atoms with E-state index in [1.807, 2.05) is 0 Å². The molecule has 0 saturated carbocycles. The first-order valence-corrected chi connectivity index (χ1v) is 4.88. The van der Waals surface area contributed by atoms with E-state index >= 15 is 0 Å². The van der Waals surface area contributed by atoms with Gasteiger partial charge in [0, 0.05) is 0 Å². The monoisotopic (exact) mass is 228 g/mol. The molecule has 0 radical (unpaired) electrons. The summed E-state index contributed by atoms with van der Waals surface area (Å²) in [5, 5.41) is 8.22. The summed E-state index contributed by atoms with van der Waals surface area (Å²) in [5.74, 6) is -1.09. The predicted molar refractivity (Wildman–Crippen MR) is 41.0 cm³/mol. The van der Waals surface area contributed by atoms with Crippen LogP contribution in [0.15, 0.2) is 0 Å². The molecule has 9 heteroatoms. The lowest BCUT2D eigenvalue weighted by Gasteiger charge is -2.11.